The highest BCUT2D eigenvalue weighted by atomic mass is 16.6. The zero-order valence-electron chi connectivity index (χ0n) is 22.0. The molecule has 2 atom stereocenters. The molecule has 0 saturated carbocycles. The standard InChI is InChI=1S/C26H43N3O4/c1-11-18-12-14-19(15-13-18)21(22(30)28-25(4,5)6)29(10)23(31)20(16-17(2)3)27-24(32)33-26(7,8)9/h12-15,17,20-21H,11,16H2,1-10H3,(H,27,32)(H,28,30). The largest absolute Gasteiger partial charge is 0.444 e. The third-order valence-electron chi connectivity index (χ3n) is 4.88. The third kappa shape index (κ3) is 9.84. The average Bonchev–Trinajstić information content (AvgIpc) is 2.64. The van der Waals surface area contributed by atoms with Crippen LogP contribution in [0.5, 0.6) is 0 Å². The fourth-order valence-electron chi connectivity index (χ4n) is 3.44. The van der Waals surface area contributed by atoms with Crippen molar-refractivity contribution in [3.63, 3.8) is 0 Å². The average molecular weight is 462 g/mol. The van der Waals surface area contributed by atoms with Gasteiger partial charge in [0.25, 0.3) is 0 Å². The molecular weight excluding hydrogens is 418 g/mol. The quantitative estimate of drug-likeness (QED) is 0.592. The second-order valence-electron chi connectivity index (χ2n) is 11.0. The van der Waals surface area contributed by atoms with Crippen molar-refractivity contribution in [3.8, 4) is 0 Å². The molecule has 0 aliphatic carbocycles. The van der Waals surface area contributed by atoms with Crippen LogP contribution in [0.25, 0.3) is 0 Å². The Kier molecular flexibility index (Phi) is 9.94. The number of benzene rings is 1. The van der Waals surface area contributed by atoms with Gasteiger partial charge in [-0.25, -0.2) is 4.79 Å². The van der Waals surface area contributed by atoms with E-state index in [1.165, 1.54) is 4.90 Å². The van der Waals surface area contributed by atoms with E-state index in [4.69, 9.17) is 4.74 Å². The molecule has 33 heavy (non-hydrogen) atoms. The zero-order chi connectivity index (χ0) is 25.6. The van der Waals surface area contributed by atoms with E-state index in [0.717, 1.165) is 12.0 Å². The highest BCUT2D eigenvalue weighted by Crippen LogP contribution is 2.24. The first-order valence-corrected chi connectivity index (χ1v) is 11.7. The molecule has 0 radical (unpaired) electrons. The van der Waals surface area contributed by atoms with Gasteiger partial charge < -0.3 is 20.3 Å². The van der Waals surface area contributed by atoms with Crippen LogP contribution in [0.3, 0.4) is 0 Å². The highest BCUT2D eigenvalue weighted by molar-refractivity contribution is 5.92. The molecule has 1 aromatic rings. The second-order valence-corrected chi connectivity index (χ2v) is 11.0. The summed E-state index contributed by atoms with van der Waals surface area (Å²) in [6.45, 7) is 17.0. The maximum absolute atomic E-state index is 13.6. The number of carbonyl (C=O) groups is 3. The van der Waals surface area contributed by atoms with Gasteiger partial charge in [0, 0.05) is 12.6 Å². The first kappa shape index (κ1) is 28.5. The number of ether oxygens (including phenoxy) is 1. The van der Waals surface area contributed by atoms with Crippen LogP contribution >= 0.6 is 0 Å². The molecule has 0 fully saturated rings. The number of aryl methyl sites for hydroxylation is 1. The van der Waals surface area contributed by atoms with Crippen LogP contribution in [0, 0.1) is 5.92 Å². The van der Waals surface area contributed by atoms with Gasteiger partial charge in [-0.1, -0.05) is 45.0 Å². The van der Waals surface area contributed by atoms with Crippen molar-refractivity contribution in [1.82, 2.24) is 15.5 Å². The van der Waals surface area contributed by atoms with Crippen LogP contribution in [-0.2, 0) is 20.7 Å². The van der Waals surface area contributed by atoms with Crippen molar-refractivity contribution >= 4 is 17.9 Å². The van der Waals surface area contributed by atoms with Gasteiger partial charge in [0.1, 0.15) is 17.7 Å². The highest BCUT2D eigenvalue weighted by Gasteiger charge is 2.35. The molecule has 7 heteroatoms. The lowest BCUT2D eigenvalue weighted by Gasteiger charge is -2.34. The molecule has 2 unspecified atom stereocenters. The minimum absolute atomic E-state index is 0.146. The Bertz CT molecular complexity index is 804. The maximum Gasteiger partial charge on any atom is 0.408 e. The number of alkyl carbamates (subject to hydrolysis) is 1. The number of hydrogen-bond acceptors (Lipinski definition) is 4. The third-order valence-corrected chi connectivity index (χ3v) is 4.88. The molecule has 7 nitrogen and oxygen atoms in total. The number of amides is 3. The molecule has 1 rings (SSSR count). The topological polar surface area (TPSA) is 87.7 Å². The molecule has 0 heterocycles. The van der Waals surface area contributed by atoms with Gasteiger partial charge in [0.05, 0.1) is 0 Å². The van der Waals surface area contributed by atoms with Crippen LogP contribution in [0.15, 0.2) is 24.3 Å². The van der Waals surface area contributed by atoms with Gasteiger partial charge >= 0.3 is 6.09 Å². The van der Waals surface area contributed by atoms with Crippen molar-refractivity contribution < 1.29 is 19.1 Å². The van der Waals surface area contributed by atoms with Gasteiger partial charge in [-0.3, -0.25) is 9.59 Å². The minimum Gasteiger partial charge on any atom is -0.444 e. The first-order chi connectivity index (χ1) is 15.0. The van der Waals surface area contributed by atoms with E-state index in [1.54, 1.807) is 27.8 Å². The number of rotatable bonds is 8. The number of likely N-dealkylation sites (N-methyl/N-ethyl adjacent to an activating group) is 1. The summed E-state index contributed by atoms with van der Waals surface area (Å²) >= 11 is 0. The van der Waals surface area contributed by atoms with E-state index in [2.05, 4.69) is 17.6 Å². The van der Waals surface area contributed by atoms with Crippen molar-refractivity contribution in [2.75, 3.05) is 7.05 Å². The molecule has 0 aliphatic rings. The summed E-state index contributed by atoms with van der Waals surface area (Å²) in [5, 5.41) is 5.70. The number of carbonyl (C=O) groups excluding carboxylic acids is 3. The molecule has 0 spiro atoms. The van der Waals surface area contributed by atoms with Crippen molar-refractivity contribution in [3.05, 3.63) is 35.4 Å². The molecule has 0 aromatic heterocycles. The second kappa shape index (κ2) is 11.5. The van der Waals surface area contributed by atoms with E-state index in [1.807, 2.05) is 58.9 Å². The summed E-state index contributed by atoms with van der Waals surface area (Å²) in [4.78, 5) is 40.7. The molecule has 0 bridgehead atoms. The minimum atomic E-state index is -0.835. The van der Waals surface area contributed by atoms with Gasteiger partial charge in [0.15, 0.2) is 0 Å². The van der Waals surface area contributed by atoms with Gasteiger partial charge in [-0.05, 0) is 71.4 Å². The Morgan fingerprint density at radius 1 is 1.00 bits per heavy atom. The van der Waals surface area contributed by atoms with Crippen LogP contribution in [0.2, 0.25) is 0 Å². The monoisotopic (exact) mass is 461 g/mol. The SMILES string of the molecule is CCc1ccc(C(C(=O)NC(C)(C)C)N(C)C(=O)C(CC(C)C)NC(=O)OC(C)(C)C)cc1. The Labute approximate surface area is 199 Å². The zero-order valence-corrected chi connectivity index (χ0v) is 22.0. The number of nitrogens with zero attached hydrogens (tertiary/aromatic N) is 1. The fraction of sp³-hybridized carbons (Fsp3) is 0.654. The van der Waals surface area contributed by atoms with Crippen molar-refractivity contribution in [1.29, 1.82) is 0 Å². The van der Waals surface area contributed by atoms with Crippen molar-refractivity contribution in [2.45, 2.75) is 98.4 Å². The van der Waals surface area contributed by atoms with Gasteiger partial charge in [-0.15, -0.1) is 0 Å². The summed E-state index contributed by atoms with van der Waals surface area (Å²) < 4.78 is 5.36. The lowest BCUT2D eigenvalue weighted by Crippen LogP contribution is -2.53. The summed E-state index contributed by atoms with van der Waals surface area (Å²) in [5.41, 5.74) is 0.712. The lowest BCUT2D eigenvalue weighted by atomic mass is 9.98. The van der Waals surface area contributed by atoms with E-state index < -0.39 is 29.3 Å². The fourth-order valence-corrected chi connectivity index (χ4v) is 3.44. The molecule has 186 valence electrons. The van der Waals surface area contributed by atoms with Crippen LogP contribution < -0.4 is 10.6 Å². The number of hydrogen-bond donors (Lipinski definition) is 2. The van der Waals surface area contributed by atoms with E-state index >= 15 is 0 Å². The molecule has 1 aromatic carbocycles. The van der Waals surface area contributed by atoms with E-state index in [9.17, 15) is 14.4 Å². The predicted octanol–water partition coefficient (Wildman–Crippen LogP) is 4.60. The molecule has 0 saturated heterocycles. The summed E-state index contributed by atoms with van der Waals surface area (Å²) in [7, 11) is 1.60. The normalized spacial score (nSPS) is 13.8. The maximum atomic E-state index is 13.6. The Hall–Kier alpha value is -2.57. The molecule has 2 N–H and O–H groups in total. The smallest absolute Gasteiger partial charge is 0.408 e. The van der Waals surface area contributed by atoms with Gasteiger partial charge in [0.2, 0.25) is 11.8 Å². The Morgan fingerprint density at radius 2 is 1.55 bits per heavy atom. The summed E-state index contributed by atoms with van der Waals surface area (Å²) in [5.74, 6) is -0.473. The molecular formula is C26H43N3O4. The molecule has 3 amide bonds. The first-order valence-electron chi connectivity index (χ1n) is 11.7. The Morgan fingerprint density at radius 3 is 1.97 bits per heavy atom. The van der Waals surface area contributed by atoms with Crippen LogP contribution in [0.4, 0.5) is 4.79 Å². The van der Waals surface area contributed by atoms with Crippen molar-refractivity contribution in [2.24, 2.45) is 5.92 Å². The number of nitrogens with one attached hydrogen (secondary N) is 2. The van der Waals surface area contributed by atoms with E-state index in [0.29, 0.717) is 12.0 Å². The summed E-state index contributed by atoms with van der Waals surface area (Å²) in [6, 6.07) is 6.05. The van der Waals surface area contributed by atoms with E-state index in [-0.39, 0.29) is 17.7 Å². The lowest BCUT2D eigenvalue weighted by molar-refractivity contribution is -0.141. The van der Waals surface area contributed by atoms with Crippen LogP contribution in [0.1, 0.15) is 85.9 Å². The van der Waals surface area contributed by atoms with Gasteiger partial charge in [-0.2, -0.15) is 0 Å². The van der Waals surface area contributed by atoms with Crippen LogP contribution in [-0.4, -0.2) is 47.0 Å². The predicted molar refractivity (Wildman–Crippen MR) is 132 cm³/mol. The summed E-state index contributed by atoms with van der Waals surface area (Å²) in [6.07, 6.45) is 0.646. The molecule has 0 aliphatic heterocycles. The Balaban J connectivity index is 3.28.